The Balaban J connectivity index is 1.91. The maximum Gasteiger partial charge on any atom is 0.356 e. The lowest BCUT2D eigenvalue weighted by Crippen LogP contribution is -2.79. The fraction of sp³-hybridized carbons (Fsp3) is 0.154. The van der Waals surface area contributed by atoms with Gasteiger partial charge in [0, 0.05) is 11.4 Å². The molecule has 0 atom stereocenters. The van der Waals surface area contributed by atoms with E-state index in [1.54, 1.807) is 11.4 Å². The highest BCUT2D eigenvalue weighted by Gasteiger charge is 2.20. The van der Waals surface area contributed by atoms with Gasteiger partial charge in [-0.2, -0.15) is 13.1 Å². The number of nitrogens with two attached hydrogens (primary N) is 1. The molecule has 1 heterocycles. The molecule has 0 radical (unpaired) electrons. The van der Waals surface area contributed by atoms with Crippen LogP contribution in [0.3, 0.4) is 0 Å². The first-order chi connectivity index (χ1) is 9.97. The van der Waals surface area contributed by atoms with E-state index in [4.69, 9.17) is 17.3 Å². The Morgan fingerprint density at radius 3 is 2.62 bits per heavy atom. The van der Waals surface area contributed by atoms with Crippen LogP contribution in [0.25, 0.3) is 0 Å². The number of benzene rings is 1. The van der Waals surface area contributed by atoms with Crippen LogP contribution in [0, 0.1) is 0 Å². The minimum Gasteiger partial charge on any atom is -0.290 e. The first-order valence-corrected chi connectivity index (χ1v) is 8.88. The maximum atomic E-state index is 11.9. The van der Waals surface area contributed by atoms with Crippen molar-refractivity contribution in [3.8, 4) is 0 Å². The van der Waals surface area contributed by atoms with E-state index in [0.717, 1.165) is 16.9 Å². The van der Waals surface area contributed by atoms with Gasteiger partial charge in [0.25, 0.3) is 0 Å². The number of hydrogen-bond acceptors (Lipinski definition) is 3. The van der Waals surface area contributed by atoms with E-state index in [2.05, 4.69) is 9.71 Å². The topological polar surface area (TPSA) is 86.2 Å². The molecule has 0 saturated heterocycles. The highest BCUT2D eigenvalue weighted by atomic mass is 35.5. The minimum atomic E-state index is -3.59. The smallest absolute Gasteiger partial charge is 0.290 e. The van der Waals surface area contributed by atoms with Crippen LogP contribution in [-0.2, 0) is 16.4 Å². The first-order valence-electron chi connectivity index (χ1n) is 6.14. The summed E-state index contributed by atoms with van der Waals surface area (Å²) < 4.78 is 26.4. The number of guanidine groups is 1. The fourth-order valence-corrected chi connectivity index (χ4v) is 3.73. The number of halogens is 1. The second-order valence-corrected chi connectivity index (χ2v) is 7.55. The van der Waals surface area contributed by atoms with Crippen LogP contribution in [0.15, 0.2) is 46.0 Å². The number of rotatable bonds is 5. The summed E-state index contributed by atoms with van der Waals surface area (Å²) in [7, 11) is -3.59. The van der Waals surface area contributed by atoms with Gasteiger partial charge in [-0.1, -0.05) is 29.8 Å². The summed E-state index contributed by atoms with van der Waals surface area (Å²) in [5.74, 6) is 0.0114. The van der Waals surface area contributed by atoms with E-state index in [9.17, 15) is 8.42 Å². The van der Waals surface area contributed by atoms with E-state index in [1.165, 1.54) is 6.07 Å². The summed E-state index contributed by atoms with van der Waals surface area (Å²) in [5.41, 5.74) is 6.74. The van der Waals surface area contributed by atoms with Gasteiger partial charge < -0.3 is 0 Å². The Kier molecular flexibility index (Phi) is 5.22. The average molecular weight is 345 g/mol. The van der Waals surface area contributed by atoms with Crippen LogP contribution in [0.4, 0.5) is 0 Å². The Morgan fingerprint density at radius 1 is 1.29 bits per heavy atom. The molecule has 8 heteroatoms. The Hall–Kier alpha value is -1.57. The molecule has 0 spiro atoms. The zero-order chi connectivity index (χ0) is 15.3. The quantitative estimate of drug-likeness (QED) is 0.539. The third-order valence-corrected chi connectivity index (χ3v) is 5.66. The van der Waals surface area contributed by atoms with Crippen LogP contribution in [0.5, 0.6) is 0 Å². The third-order valence-electron chi connectivity index (χ3n) is 2.65. The summed E-state index contributed by atoms with van der Waals surface area (Å²) >= 11 is 6.94. The molecule has 21 heavy (non-hydrogen) atoms. The number of thiophene rings is 1. The molecule has 2 aromatic rings. The van der Waals surface area contributed by atoms with Crippen molar-refractivity contribution in [3.05, 3.63) is 52.4 Å². The Bertz CT molecular complexity index is 710. The second kappa shape index (κ2) is 6.93. The molecule has 0 fully saturated rings. The predicted molar refractivity (Wildman–Crippen MR) is 84.8 cm³/mol. The molecular weight excluding hydrogens is 330 g/mol. The number of sulfonamides is 1. The van der Waals surface area contributed by atoms with E-state index >= 15 is 0 Å². The predicted octanol–water partition coefficient (Wildman–Crippen LogP) is 0.318. The van der Waals surface area contributed by atoms with Gasteiger partial charge >= 0.3 is 16.0 Å². The van der Waals surface area contributed by atoms with Crippen LogP contribution in [0.2, 0.25) is 5.02 Å². The molecule has 0 aliphatic carbocycles. The van der Waals surface area contributed by atoms with Gasteiger partial charge in [-0.3, -0.25) is 10.7 Å². The van der Waals surface area contributed by atoms with E-state index in [-0.39, 0.29) is 10.2 Å². The van der Waals surface area contributed by atoms with Crippen molar-refractivity contribution in [3.63, 3.8) is 0 Å². The SMILES string of the molecule is NC(NS(=O)(=O)c1cccs1)=[NH+]CCc1ccc(Cl)cc1. The normalized spacial score (nSPS) is 12.3. The molecule has 1 aromatic carbocycles. The second-order valence-electron chi connectivity index (χ2n) is 4.25. The summed E-state index contributed by atoms with van der Waals surface area (Å²) in [5, 5.41) is 2.38. The molecule has 5 nitrogen and oxygen atoms in total. The Labute approximate surface area is 132 Å². The Morgan fingerprint density at radius 2 is 2.00 bits per heavy atom. The summed E-state index contributed by atoms with van der Waals surface area (Å²) in [6.07, 6.45) is 0.707. The lowest BCUT2D eigenvalue weighted by molar-refractivity contribution is -0.459. The average Bonchev–Trinajstić information content (AvgIpc) is 2.95. The number of hydrogen-bond donors (Lipinski definition) is 3. The van der Waals surface area contributed by atoms with Gasteiger partial charge in [0.2, 0.25) is 0 Å². The molecule has 2 rings (SSSR count). The van der Waals surface area contributed by atoms with Crippen molar-refractivity contribution >= 4 is 38.9 Å². The van der Waals surface area contributed by atoms with Gasteiger partial charge in [0.1, 0.15) is 0 Å². The molecular formula is C13H15ClN3O2S2+. The zero-order valence-electron chi connectivity index (χ0n) is 11.0. The van der Waals surface area contributed by atoms with Crippen LogP contribution in [-0.4, -0.2) is 20.9 Å². The molecule has 0 bridgehead atoms. The molecule has 0 aliphatic rings. The van der Waals surface area contributed by atoms with Crippen molar-refractivity contribution in [2.24, 2.45) is 5.73 Å². The molecule has 0 unspecified atom stereocenters. The van der Waals surface area contributed by atoms with E-state index in [0.29, 0.717) is 18.0 Å². The molecule has 112 valence electrons. The lowest BCUT2D eigenvalue weighted by atomic mass is 10.1. The molecule has 0 aliphatic heterocycles. The van der Waals surface area contributed by atoms with Crippen molar-refractivity contribution in [1.82, 2.24) is 4.72 Å². The summed E-state index contributed by atoms with van der Waals surface area (Å²) in [4.78, 5) is 2.84. The lowest BCUT2D eigenvalue weighted by Gasteiger charge is -2.00. The maximum absolute atomic E-state index is 11.9. The van der Waals surface area contributed by atoms with Gasteiger partial charge in [-0.05, 0) is 29.1 Å². The molecule has 0 amide bonds. The molecule has 4 N–H and O–H groups in total. The van der Waals surface area contributed by atoms with Crippen LogP contribution >= 0.6 is 22.9 Å². The van der Waals surface area contributed by atoms with E-state index in [1.807, 2.05) is 24.3 Å². The van der Waals surface area contributed by atoms with Crippen LogP contribution < -0.4 is 15.4 Å². The number of nitrogens with one attached hydrogen (secondary N) is 2. The monoisotopic (exact) mass is 344 g/mol. The van der Waals surface area contributed by atoms with Gasteiger partial charge in [0.15, 0.2) is 4.21 Å². The van der Waals surface area contributed by atoms with Crippen molar-refractivity contribution in [2.45, 2.75) is 10.6 Å². The summed E-state index contributed by atoms with van der Waals surface area (Å²) in [6.45, 7) is 0.514. The largest absolute Gasteiger partial charge is 0.356 e. The molecule has 0 saturated carbocycles. The highest BCUT2D eigenvalue weighted by Crippen LogP contribution is 2.14. The standard InChI is InChI=1S/C13H14ClN3O2S2/c14-11-5-3-10(4-6-11)7-8-16-13(15)17-21(18,19)12-2-1-9-20-12/h1-6,9H,7-8H2,(H3,15,16,17)/p+1. The third kappa shape index (κ3) is 4.73. The zero-order valence-corrected chi connectivity index (χ0v) is 13.4. The van der Waals surface area contributed by atoms with Crippen LogP contribution in [0.1, 0.15) is 5.56 Å². The highest BCUT2D eigenvalue weighted by molar-refractivity contribution is 7.92. The van der Waals surface area contributed by atoms with Crippen molar-refractivity contribution < 1.29 is 13.4 Å². The fourth-order valence-electron chi connectivity index (χ4n) is 1.64. The van der Waals surface area contributed by atoms with Crippen molar-refractivity contribution in [1.29, 1.82) is 0 Å². The van der Waals surface area contributed by atoms with Gasteiger partial charge in [-0.25, -0.2) is 0 Å². The van der Waals surface area contributed by atoms with E-state index < -0.39 is 10.0 Å². The molecule has 1 aromatic heterocycles. The van der Waals surface area contributed by atoms with Gasteiger partial charge in [-0.15, -0.1) is 11.3 Å². The minimum absolute atomic E-state index is 0.0114. The first kappa shape index (κ1) is 15.8. The van der Waals surface area contributed by atoms with Gasteiger partial charge in [0.05, 0.1) is 6.54 Å². The van der Waals surface area contributed by atoms with Crippen molar-refractivity contribution in [2.75, 3.05) is 6.54 Å². The summed E-state index contributed by atoms with van der Waals surface area (Å²) in [6, 6.07) is 10.6.